The van der Waals surface area contributed by atoms with E-state index < -0.39 is 28.9 Å². The number of urea groups is 1. The first-order chi connectivity index (χ1) is 9.79. The van der Waals surface area contributed by atoms with Crippen LogP contribution in [-0.2, 0) is 11.0 Å². The molecule has 2 heterocycles. The van der Waals surface area contributed by atoms with Crippen molar-refractivity contribution in [2.75, 3.05) is 13.1 Å². The number of nitrogens with zero attached hydrogens (tertiary/aromatic N) is 2. The average Bonchev–Trinajstić information content (AvgIpc) is 2.83. The van der Waals surface area contributed by atoms with Gasteiger partial charge in [0.25, 0.3) is 0 Å². The number of carbonyl (C=O) groups is 2. The Hall–Kier alpha value is -1.77. The summed E-state index contributed by atoms with van der Waals surface area (Å²) < 4.78 is 37.2. The van der Waals surface area contributed by atoms with Crippen molar-refractivity contribution < 1.29 is 22.8 Å². The molecule has 0 aromatic carbocycles. The number of pyridine rings is 1. The maximum Gasteiger partial charge on any atom is 0.417 e. The van der Waals surface area contributed by atoms with Crippen molar-refractivity contribution in [3.8, 4) is 0 Å². The molecule has 0 spiro atoms. The third-order valence-electron chi connectivity index (χ3n) is 2.83. The van der Waals surface area contributed by atoms with E-state index in [0.29, 0.717) is 18.1 Å². The quantitative estimate of drug-likeness (QED) is 0.867. The molecule has 1 fully saturated rings. The molecular weight excluding hydrogens is 307 g/mol. The van der Waals surface area contributed by atoms with Crippen molar-refractivity contribution in [3.63, 3.8) is 0 Å². The molecule has 0 aliphatic carbocycles. The first-order valence-corrected chi connectivity index (χ1v) is 6.96. The van der Waals surface area contributed by atoms with E-state index in [2.05, 4.69) is 10.3 Å². The Morgan fingerprint density at radius 3 is 2.67 bits per heavy atom. The van der Waals surface area contributed by atoms with Crippen LogP contribution in [0.2, 0.25) is 0 Å². The molecule has 9 heteroatoms. The van der Waals surface area contributed by atoms with E-state index in [4.69, 9.17) is 0 Å². The van der Waals surface area contributed by atoms with Gasteiger partial charge in [0.2, 0.25) is 5.91 Å². The number of thioether (sulfide) groups is 1. The van der Waals surface area contributed by atoms with Gasteiger partial charge < -0.3 is 5.32 Å². The highest BCUT2D eigenvalue weighted by atomic mass is 32.2. The molecule has 21 heavy (non-hydrogen) atoms. The highest BCUT2D eigenvalue weighted by molar-refractivity contribution is 8.00. The summed E-state index contributed by atoms with van der Waals surface area (Å²) in [5, 5.41) is 2.19. The van der Waals surface area contributed by atoms with Gasteiger partial charge in [-0.25, -0.2) is 9.78 Å². The number of rotatable bonds is 3. The van der Waals surface area contributed by atoms with Crippen molar-refractivity contribution in [2.45, 2.75) is 23.4 Å². The number of halogens is 3. The van der Waals surface area contributed by atoms with Gasteiger partial charge in [0, 0.05) is 19.3 Å². The second-order valence-electron chi connectivity index (χ2n) is 4.36. The lowest BCUT2D eigenvalue weighted by Crippen LogP contribution is -2.38. The standard InChI is InChI=1S/C12H12F3N3O2S/c1-7(10(19)18-5-4-16-11(18)20)21-9-3-2-8(6-17-9)12(13,14)15/h2-3,6-7H,4-5H2,1H3,(H,16,20). The largest absolute Gasteiger partial charge is 0.417 e. The molecule has 1 aliphatic rings. The Morgan fingerprint density at radius 2 is 2.19 bits per heavy atom. The number of hydrogen-bond acceptors (Lipinski definition) is 4. The van der Waals surface area contributed by atoms with Gasteiger partial charge in [-0.15, -0.1) is 0 Å². The van der Waals surface area contributed by atoms with Crippen molar-refractivity contribution >= 4 is 23.7 Å². The molecule has 0 saturated carbocycles. The van der Waals surface area contributed by atoms with Crippen LogP contribution >= 0.6 is 11.8 Å². The molecule has 1 aromatic rings. The van der Waals surface area contributed by atoms with Gasteiger partial charge in [0.15, 0.2) is 0 Å². The molecule has 1 aliphatic heterocycles. The second-order valence-corrected chi connectivity index (χ2v) is 5.73. The van der Waals surface area contributed by atoms with E-state index in [-0.39, 0.29) is 0 Å². The van der Waals surface area contributed by atoms with E-state index >= 15 is 0 Å². The summed E-state index contributed by atoms with van der Waals surface area (Å²) in [5.41, 5.74) is -0.843. The molecule has 1 saturated heterocycles. The van der Waals surface area contributed by atoms with Crippen molar-refractivity contribution in [2.24, 2.45) is 0 Å². The fraction of sp³-hybridized carbons (Fsp3) is 0.417. The molecule has 5 nitrogen and oxygen atoms in total. The van der Waals surface area contributed by atoms with Crippen LogP contribution in [-0.4, -0.2) is 40.2 Å². The van der Waals surface area contributed by atoms with E-state index in [1.807, 2.05) is 0 Å². The summed E-state index contributed by atoms with van der Waals surface area (Å²) in [5.74, 6) is -0.392. The fourth-order valence-electron chi connectivity index (χ4n) is 1.75. The van der Waals surface area contributed by atoms with Crippen LogP contribution < -0.4 is 5.32 Å². The maximum absolute atomic E-state index is 12.4. The maximum atomic E-state index is 12.4. The zero-order valence-corrected chi connectivity index (χ0v) is 11.8. The van der Waals surface area contributed by atoms with Crippen LogP contribution in [0.15, 0.2) is 23.4 Å². The van der Waals surface area contributed by atoms with Crippen LogP contribution in [0.3, 0.4) is 0 Å². The minimum absolute atomic E-state index is 0.295. The topological polar surface area (TPSA) is 62.3 Å². The van der Waals surface area contributed by atoms with Crippen LogP contribution in [0.1, 0.15) is 12.5 Å². The second kappa shape index (κ2) is 5.92. The third-order valence-corrected chi connectivity index (χ3v) is 3.87. The predicted molar refractivity (Wildman–Crippen MR) is 69.7 cm³/mol. The lowest BCUT2D eigenvalue weighted by Gasteiger charge is -2.17. The van der Waals surface area contributed by atoms with Crippen molar-refractivity contribution in [1.82, 2.24) is 15.2 Å². The van der Waals surface area contributed by atoms with Gasteiger partial charge in [-0.1, -0.05) is 11.8 Å². The monoisotopic (exact) mass is 319 g/mol. The molecule has 114 valence electrons. The first-order valence-electron chi connectivity index (χ1n) is 6.08. The van der Waals surface area contributed by atoms with E-state index in [0.717, 1.165) is 28.9 Å². The zero-order chi connectivity index (χ0) is 15.6. The van der Waals surface area contributed by atoms with Crippen LogP contribution in [0.5, 0.6) is 0 Å². The van der Waals surface area contributed by atoms with Gasteiger partial charge in [-0.3, -0.25) is 9.69 Å². The fourth-order valence-corrected chi connectivity index (χ4v) is 2.60. The van der Waals surface area contributed by atoms with Crippen LogP contribution in [0.25, 0.3) is 0 Å². The number of alkyl halides is 3. The summed E-state index contributed by atoms with van der Waals surface area (Å²) >= 11 is 1.01. The predicted octanol–water partition coefficient (Wildman–Crippen LogP) is 2.13. The highest BCUT2D eigenvalue weighted by Crippen LogP contribution is 2.30. The number of nitrogens with one attached hydrogen (secondary N) is 1. The van der Waals surface area contributed by atoms with Gasteiger partial charge >= 0.3 is 12.2 Å². The highest BCUT2D eigenvalue weighted by Gasteiger charge is 2.32. The van der Waals surface area contributed by atoms with Gasteiger partial charge in [-0.05, 0) is 19.1 Å². The molecule has 2 rings (SSSR count). The Morgan fingerprint density at radius 1 is 1.48 bits per heavy atom. The van der Waals surface area contributed by atoms with Crippen LogP contribution in [0, 0.1) is 0 Å². The Labute approximate surface area is 122 Å². The number of hydrogen-bond donors (Lipinski definition) is 1. The van der Waals surface area contributed by atoms with Gasteiger partial charge in [-0.2, -0.15) is 13.2 Å². The lowest BCUT2D eigenvalue weighted by atomic mass is 10.3. The average molecular weight is 319 g/mol. The minimum Gasteiger partial charge on any atom is -0.336 e. The SMILES string of the molecule is CC(Sc1ccc(C(F)(F)F)cn1)C(=O)N1CCNC1=O. The Bertz CT molecular complexity index is 548. The molecular formula is C12H12F3N3O2S. The Kier molecular flexibility index (Phi) is 4.40. The summed E-state index contributed by atoms with van der Waals surface area (Å²) in [4.78, 5) is 28.2. The number of imide groups is 1. The molecule has 1 N–H and O–H groups in total. The number of aromatic nitrogens is 1. The molecule has 1 unspecified atom stereocenters. The van der Waals surface area contributed by atoms with E-state index in [1.165, 1.54) is 6.07 Å². The molecule has 3 amide bonds. The molecule has 0 radical (unpaired) electrons. The number of carbonyl (C=O) groups excluding carboxylic acids is 2. The lowest BCUT2D eigenvalue weighted by molar-refractivity contribution is -0.138. The van der Waals surface area contributed by atoms with Gasteiger partial charge in [0.05, 0.1) is 15.8 Å². The molecule has 1 aromatic heterocycles. The summed E-state index contributed by atoms with van der Waals surface area (Å²) in [7, 11) is 0. The van der Waals surface area contributed by atoms with Crippen molar-refractivity contribution in [1.29, 1.82) is 0 Å². The summed E-state index contributed by atoms with van der Waals surface area (Å²) in [6, 6.07) is 1.67. The van der Waals surface area contributed by atoms with E-state index in [9.17, 15) is 22.8 Å². The molecule has 1 atom stereocenters. The molecule has 0 bridgehead atoms. The van der Waals surface area contributed by atoms with Crippen LogP contribution in [0.4, 0.5) is 18.0 Å². The minimum atomic E-state index is -4.44. The zero-order valence-electron chi connectivity index (χ0n) is 11.0. The Balaban J connectivity index is 2.01. The van der Waals surface area contributed by atoms with E-state index in [1.54, 1.807) is 6.92 Å². The first kappa shape index (κ1) is 15.6. The van der Waals surface area contributed by atoms with Crippen molar-refractivity contribution in [3.05, 3.63) is 23.9 Å². The smallest absolute Gasteiger partial charge is 0.336 e. The normalized spacial score (nSPS) is 16.8. The summed E-state index contributed by atoms with van der Waals surface area (Å²) in [6.45, 7) is 2.28. The third kappa shape index (κ3) is 3.66. The number of amides is 3. The summed E-state index contributed by atoms with van der Waals surface area (Å²) in [6.07, 6.45) is -3.71. The van der Waals surface area contributed by atoms with Gasteiger partial charge in [0.1, 0.15) is 0 Å².